The first-order valence-electron chi connectivity index (χ1n) is 3.95. The number of anilines is 1. The first-order chi connectivity index (χ1) is 7.19. The maximum absolute atomic E-state index is 8.97. The van der Waals surface area contributed by atoms with Crippen molar-refractivity contribution in [2.24, 2.45) is 0 Å². The first kappa shape index (κ1) is 10.5. The number of rotatable bonds is 1. The number of hydrogen-bond acceptors (Lipinski definition) is 5. The molecule has 0 fully saturated rings. The molecule has 2 heterocycles. The van der Waals surface area contributed by atoms with E-state index < -0.39 is 0 Å². The molecule has 0 amide bonds. The maximum atomic E-state index is 8.97. The van der Waals surface area contributed by atoms with E-state index in [0.29, 0.717) is 22.1 Å². The van der Waals surface area contributed by atoms with Crippen LogP contribution in [0.15, 0.2) is 11.2 Å². The highest BCUT2D eigenvalue weighted by Gasteiger charge is 2.14. The fraction of sp³-hybridized carbons (Fsp3) is 0.125. The normalized spacial score (nSPS) is 10.5. The predicted molar refractivity (Wildman–Crippen MR) is 66.6 cm³/mol. The third-order valence-electron chi connectivity index (χ3n) is 1.91. The number of fused-ring (bicyclic) bond motifs is 1. The van der Waals surface area contributed by atoms with Gasteiger partial charge in [-0.05, 0) is 28.8 Å². The van der Waals surface area contributed by atoms with Gasteiger partial charge in [-0.1, -0.05) is 0 Å². The maximum Gasteiger partial charge on any atom is 0.172 e. The quantitative estimate of drug-likeness (QED) is 0.487. The van der Waals surface area contributed by atoms with Crippen LogP contribution in [0.3, 0.4) is 0 Å². The van der Waals surface area contributed by atoms with Crippen LogP contribution in [-0.4, -0.2) is 20.9 Å². The number of nitrogens with two attached hydrogens (primary N) is 1. The lowest BCUT2D eigenvalue weighted by Crippen LogP contribution is -2.05. The number of nitrogen functional groups attached to an aromatic ring is 1. The Hall–Kier alpha value is -1.01. The Bertz CT molecular complexity index is 570. The number of halogens is 1. The van der Waals surface area contributed by atoms with Crippen molar-refractivity contribution >= 4 is 45.8 Å². The molecule has 0 radical (unpaired) electrons. The summed E-state index contributed by atoms with van der Waals surface area (Å²) in [5.74, 6) is 0.342. The summed E-state index contributed by atoms with van der Waals surface area (Å²) in [6.07, 6.45) is 3.53. The van der Waals surface area contributed by atoms with Crippen LogP contribution in [0.5, 0.6) is 0 Å². The van der Waals surface area contributed by atoms with E-state index in [-0.39, 0.29) is 0 Å². The van der Waals surface area contributed by atoms with E-state index >= 15 is 0 Å². The van der Waals surface area contributed by atoms with Gasteiger partial charge in [0.05, 0.1) is 9.77 Å². The monoisotopic (exact) mass is 331 g/mol. The van der Waals surface area contributed by atoms with E-state index in [9.17, 15) is 0 Å². The minimum Gasteiger partial charge on any atom is -0.382 e. The summed E-state index contributed by atoms with van der Waals surface area (Å²) in [6.45, 7) is 0. The number of nitriles is 1. The molecule has 0 unspecified atom stereocenters. The third kappa shape index (κ3) is 1.53. The van der Waals surface area contributed by atoms with Gasteiger partial charge in [-0.2, -0.15) is 14.9 Å². The van der Waals surface area contributed by atoms with E-state index in [2.05, 4.69) is 32.7 Å². The zero-order chi connectivity index (χ0) is 11.0. The van der Waals surface area contributed by atoms with Crippen molar-refractivity contribution in [3.05, 3.63) is 15.3 Å². The summed E-state index contributed by atoms with van der Waals surface area (Å²) in [4.78, 5) is 4.34. The highest BCUT2D eigenvalue weighted by molar-refractivity contribution is 14.1. The van der Waals surface area contributed by atoms with Crippen LogP contribution >= 0.6 is 34.4 Å². The van der Waals surface area contributed by atoms with Crippen molar-refractivity contribution in [2.75, 3.05) is 12.0 Å². The van der Waals surface area contributed by atoms with E-state index in [0.717, 1.165) is 3.57 Å². The van der Waals surface area contributed by atoms with Crippen LogP contribution in [0.2, 0.25) is 0 Å². The van der Waals surface area contributed by atoms with Gasteiger partial charge in [0.1, 0.15) is 22.5 Å². The lowest BCUT2D eigenvalue weighted by atomic mass is 10.3. The second-order valence-electron chi connectivity index (χ2n) is 2.72. The Morgan fingerprint density at radius 1 is 1.67 bits per heavy atom. The lowest BCUT2D eigenvalue weighted by Gasteiger charge is -2.05. The van der Waals surface area contributed by atoms with Crippen LogP contribution in [0.4, 0.5) is 5.82 Å². The average Bonchev–Trinajstić information content (AvgIpc) is 2.60. The van der Waals surface area contributed by atoms with Gasteiger partial charge in [-0.15, -0.1) is 11.8 Å². The molecule has 5 nitrogen and oxygen atoms in total. The Morgan fingerprint density at radius 3 is 3.00 bits per heavy atom. The number of thioether (sulfide) groups is 1. The minimum atomic E-state index is 0.342. The molecule has 0 atom stereocenters. The molecule has 0 spiro atoms. The van der Waals surface area contributed by atoms with Gasteiger partial charge in [0.15, 0.2) is 5.65 Å². The van der Waals surface area contributed by atoms with Gasteiger partial charge in [-0.25, -0.2) is 4.98 Å². The van der Waals surface area contributed by atoms with E-state index in [4.69, 9.17) is 11.0 Å². The molecule has 2 N–H and O–H groups in total. The number of aromatic nitrogens is 3. The summed E-state index contributed by atoms with van der Waals surface area (Å²) in [6, 6.07) is 2.04. The highest BCUT2D eigenvalue weighted by atomic mass is 127. The SMILES string of the molecule is CSc1nc2c(I)cnn2c(N)c1C#N. The Labute approximate surface area is 104 Å². The van der Waals surface area contributed by atoms with Crippen LogP contribution in [0, 0.1) is 14.9 Å². The molecule has 0 aliphatic rings. The van der Waals surface area contributed by atoms with Crippen LogP contribution in [0.1, 0.15) is 5.56 Å². The van der Waals surface area contributed by atoms with E-state index in [1.165, 1.54) is 16.3 Å². The van der Waals surface area contributed by atoms with Gasteiger partial charge in [-0.3, -0.25) is 0 Å². The molecule has 76 valence electrons. The molecule has 0 aromatic carbocycles. The zero-order valence-electron chi connectivity index (χ0n) is 7.73. The molecule has 2 rings (SSSR count). The fourth-order valence-corrected chi connectivity index (χ4v) is 2.23. The molecule has 15 heavy (non-hydrogen) atoms. The molecule has 0 aliphatic carbocycles. The second kappa shape index (κ2) is 3.86. The predicted octanol–water partition coefficient (Wildman–Crippen LogP) is 1.51. The van der Waals surface area contributed by atoms with Crippen molar-refractivity contribution in [2.45, 2.75) is 5.03 Å². The van der Waals surface area contributed by atoms with Crippen LogP contribution in [-0.2, 0) is 0 Å². The van der Waals surface area contributed by atoms with Crippen molar-refractivity contribution in [1.29, 1.82) is 5.26 Å². The summed E-state index contributed by atoms with van der Waals surface area (Å²) >= 11 is 3.54. The van der Waals surface area contributed by atoms with Crippen molar-refractivity contribution in [3.8, 4) is 6.07 Å². The molecule has 0 saturated heterocycles. The largest absolute Gasteiger partial charge is 0.382 e. The Balaban J connectivity index is 2.91. The topological polar surface area (TPSA) is 80.0 Å². The molecule has 0 bridgehead atoms. The minimum absolute atomic E-state index is 0.342. The standard InChI is InChI=1S/C8H6IN5S/c1-15-8-4(2-10)6(11)14-7(13-8)5(9)3-12-14/h3H,11H2,1H3. The first-order valence-corrected chi connectivity index (χ1v) is 6.26. The second-order valence-corrected chi connectivity index (χ2v) is 4.68. The zero-order valence-corrected chi connectivity index (χ0v) is 10.7. The van der Waals surface area contributed by atoms with Crippen LogP contribution < -0.4 is 5.73 Å². The van der Waals surface area contributed by atoms with Crippen molar-refractivity contribution < 1.29 is 0 Å². The lowest BCUT2D eigenvalue weighted by molar-refractivity contribution is 0.921. The molecular weight excluding hydrogens is 325 g/mol. The van der Waals surface area contributed by atoms with Crippen molar-refractivity contribution in [3.63, 3.8) is 0 Å². The Morgan fingerprint density at radius 2 is 2.40 bits per heavy atom. The fourth-order valence-electron chi connectivity index (χ4n) is 1.22. The average molecular weight is 331 g/mol. The van der Waals surface area contributed by atoms with Crippen molar-refractivity contribution in [1.82, 2.24) is 14.6 Å². The smallest absolute Gasteiger partial charge is 0.172 e. The third-order valence-corrected chi connectivity index (χ3v) is 3.35. The summed E-state index contributed by atoms with van der Waals surface area (Å²) in [7, 11) is 0. The van der Waals surface area contributed by atoms with Gasteiger partial charge in [0.2, 0.25) is 0 Å². The molecule has 0 aliphatic heterocycles. The molecule has 2 aromatic rings. The number of hydrogen-bond donors (Lipinski definition) is 1. The summed E-state index contributed by atoms with van der Waals surface area (Å²) in [5.41, 5.74) is 6.92. The van der Waals surface area contributed by atoms with Gasteiger partial charge in [0, 0.05) is 0 Å². The highest BCUT2D eigenvalue weighted by Crippen LogP contribution is 2.25. The van der Waals surface area contributed by atoms with Gasteiger partial charge < -0.3 is 5.73 Å². The van der Waals surface area contributed by atoms with Gasteiger partial charge in [0.25, 0.3) is 0 Å². The Kier molecular flexibility index (Phi) is 2.70. The summed E-state index contributed by atoms with van der Waals surface area (Å²) in [5, 5.41) is 13.7. The molecule has 7 heteroatoms. The van der Waals surface area contributed by atoms with E-state index in [1.807, 2.05) is 12.3 Å². The van der Waals surface area contributed by atoms with Gasteiger partial charge >= 0.3 is 0 Å². The summed E-state index contributed by atoms with van der Waals surface area (Å²) < 4.78 is 2.40. The molecule has 0 saturated carbocycles. The molecular formula is C8H6IN5S. The van der Waals surface area contributed by atoms with Crippen LogP contribution in [0.25, 0.3) is 5.65 Å². The molecule has 2 aromatic heterocycles. The number of nitrogens with zero attached hydrogens (tertiary/aromatic N) is 4. The van der Waals surface area contributed by atoms with E-state index in [1.54, 1.807) is 6.20 Å².